The van der Waals surface area contributed by atoms with Gasteiger partial charge in [0.15, 0.2) is 0 Å². The minimum atomic E-state index is -4.03. The second-order valence-corrected chi connectivity index (χ2v) is 8.07. The highest BCUT2D eigenvalue weighted by Gasteiger charge is 2.30. The maximum absolute atomic E-state index is 13.1. The van der Waals surface area contributed by atoms with E-state index in [2.05, 4.69) is 0 Å². The molecule has 0 unspecified atom stereocenters. The van der Waals surface area contributed by atoms with Gasteiger partial charge in [0.05, 0.1) is 4.92 Å². The second kappa shape index (κ2) is 10.0. The molecule has 148 valence electrons. The SMILES string of the molecule is Cc1cc([N+](=O)[O-])c(Cl)c(S(=O)(=O)N(CCN)CCc2ccccc2)c1.Cl. The molecule has 0 atom stereocenters. The van der Waals surface area contributed by atoms with E-state index in [0.29, 0.717) is 12.0 Å². The number of sulfonamides is 1. The molecular weight excluding hydrogens is 413 g/mol. The van der Waals surface area contributed by atoms with E-state index in [-0.39, 0.29) is 42.0 Å². The molecule has 2 aromatic rings. The van der Waals surface area contributed by atoms with Crippen LogP contribution in [0, 0.1) is 17.0 Å². The van der Waals surface area contributed by atoms with E-state index in [1.807, 2.05) is 30.3 Å². The van der Waals surface area contributed by atoms with Gasteiger partial charge in [-0.05, 0) is 30.5 Å². The van der Waals surface area contributed by atoms with Crippen molar-refractivity contribution in [3.8, 4) is 0 Å². The number of benzene rings is 2. The number of nitrogens with zero attached hydrogens (tertiary/aromatic N) is 2. The fraction of sp³-hybridized carbons (Fsp3) is 0.294. The van der Waals surface area contributed by atoms with E-state index >= 15 is 0 Å². The summed E-state index contributed by atoms with van der Waals surface area (Å²) in [7, 11) is -4.03. The minimum absolute atomic E-state index is 0. The van der Waals surface area contributed by atoms with Crippen molar-refractivity contribution < 1.29 is 13.3 Å². The third-order valence-corrected chi connectivity index (χ3v) is 6.28. The van der Waals surface area contributed by atoms with Crippen molar-refractivity contribution in [1.82, 2.24) is 4.31 Å². The van der Waals surface area contributed by atoms with Crippen molar-refractivity contribution in [2.45, 2.75) is 18.2 Å². The number of nitrogens with two attached hydrogens (primary N) is 1. The first-order valence-electron chi connectivity index (χ1n) is 7.96. The monoisotopic (exact) mass is 433 g/mol. The average Bonchev–Trinajstić information content (AvgIpc) is 2.60. The molecule has 0 aliphatic carbocycles. The Morgan fingerprint density at radius 1 is 1.19 bits per heavy atom. The standard InChI is InChI=1S/C17H20ClN3O4S.ClH/c1-13-11-15(21(22)23)17(18)16(12-13)26(24,25)20(10-8-19)9-7-14-5-3-2-4-6-14;/h2-6,11-12H,7-10,19H2,1H3;1H. The normalized spacial score (nSPS) is 11.3. The molecule has 0 bridgehead atoms. The summed E-state index contributed by atoms with van der Waals surface area (Å²) in [5, 5.41) is 10.8. The summed E-state index contributed by atoms with van der Waals surface area (Å²) in [5.74, 6) is 0. The zero-order valence-corrected chi connectivity index (χ0v) is 17.1. The van der Waals surface area contributed by atoms with Crippen LogP contribution in [0.4, 0.5) is 5.69 Å². The highest BCUT2D eigenvalue weighted by atomic mass is 35.5. The van der Waals surface area contributed by atoms with E-state index in [1.54, 1.807) is 6.92 Å². The van der Waals surface area contributed by atoms with E-state index in [0.717, 1.165) is 5.56 Å². The van der Waals surface area contributed by atoms with Crippen molar-refractivity contribution in [3.05, 3.63) is 68.7 Å². The largest absolute Gasteiger partial charge is 0.329 e. The smallest absolute Gasteiger partial charge is 0.289 e. The number of rotatable bonds is 8. The first-order valence-corrected chi connectivity index (χ1v) is 9.78. The molecule has 27 heavy (non-hydrogen) atoms. The first-order chi connectivity index (χ1) is 12.3. The van der Waals surface area contributed by atoms with Crippen LogP contribution in [0.25, 0.3) is 0 Å². The van der Waals surface area contributed by atoms with Crippen molar-refractivity contribution in [2.75, 3.05) is 19.6 Å². The van der Waals surface area contributed by atoms with Crippen LogP contribution in [0.3, 0.4) is 0 Å². The summed E-state index contributed by atoms with van der Waals surface area (Å²) in [6.07, 6.45) is 0.492. The van der Waals surface area contributed by atoms with E-state index in [1.165, 1.54) is 16.4 Å². The molecule has 0 radical (unpaired) electrons. The molecule has 2 N–H and O–H groups in total. The topological polar surface area (TPSA) is 107 Å². The number of aryl methyl sites for hydroxylation is 1. The molecule has 2 aromatic carbocycles. The Hall–Kier alpha value is -1.71. The quantitative estimate of drug-likeness (QED) is 0.507. The summed E-state index contributed by atoms with van der Waals surface area (Å²) in [4.78, 5) is 10.2. The van der Waals surface area contributed by atoms with Crippen molar-refractivity contribution >= 4 is 39.7 Å². The van der Waals surface area contributed by atoms with Gasteiger partial charge in [0.2, 0.25) is 10.0 Å². The Labute approximate surface area is 169 Å². The van der Waals surface area contributed by atoms with Crippen molar-refractivity contribution in [1.29, 1.82) is 0 Å². The lowest BCUT2D eigenvalue weighted by atomic mass is 10.1. The molecule has 0 aliphatic heterocycles. The molecule has 0 saturated heterocycles. The Morgan fingerprint density at radius 2 is 1.81 bits per heavy atom. The fourth-order valence-corrected chi connectivity index (χ4v) is 4.66. The molecule has 2 rings (SSSR count). The third kappa shape index (κ3) is 5.63. The fourth-order valence-electron chi connectivity index (χ4n) is 2.57. The number of hydrogen-bond donors (Lipinski definition) is 1. The van der Waals surface area contributed by atoms with Gasteiger partial charge in [-0.25, -0.2) is 8.42 Å². The lowest BCUT2D eigenvalue weighted by molar-refractivity contribution is -0.385. The number of nitro benzene ring substituents is 1. The van der Waals surface area contributed by atoms with Crippen LogP contribution in [-0.2, 0) is 16.4 Å². The van der Waals surface area contributed by atoms with Gasteiger partial charge >= 0.3 is 0 Å². The molecule has 0 spiro atoms. The van der Waals surface area contributed by atoms with Crippen LogP contribution in [0.2, 0.25) is 5.02 Å². The summed E-state index contributed by atoms with van der Waals surface area (Å²) in [6, 6.07) is 12.0. The summed E-state index contributed by atoms with van der Waals surface area (Å²) < 4.78 is 27.3. The zero-order chi connectivity index (χ0) is 19.3. The van der Waals surface area contributed by atoms with Crippen LogP contribution >= 0.6 is 24.0 Å². The predicted octanol–water partition coefficient (Wildman–Crippen LogP) is 3.17. The van der Waals surface area contributed by atoms with Crippen molar-refractivity contribution in [3.63, 3.8) is 0 Å². The summed E-state index contributed by atoms with van der Waals surface area (Å²) >= 11 is 6.04. The number of nitro groups is 1. The lowest BCUT2D eigenvalue weighted by Gasteiger charge is -2.22. The molecule has 0 amide bonds. The Kier molecular flexibility index (Phi) is 8.64. The van der Waals surface area contributed by atoms with Gasteiger partial charge in [0, 0.05) is 25.7 Å². The summed E-state index contributed by atoms with van der Waals surface area (Å²) in [6.45, 7) is 1.99. The van der Waals surface area contributed by atoms with Crippen molar-refractivity contribution in [2.24, 2.45) is 5.73 Å². The molecule has 0 fully saturated rings. The first kappa shape index (κ1) is 23.3. The number of halogens is 2. The van der Waals surface area contributed by atoms with E-state index < -0.39 is 20.6 Å². The molecule has 0 aromatic heterocycles. The molecule has 10 heteroatoms. The van der Waals surface area contributed by atoms with Crippen LogP contribution in [0.1, 0.15) is 11.1 Å². The van der Waals surface area contributed by atoms with Gasteiger partial charge < -0.3 is 5.73 Å². The molecule has 0 saturated carbocycles. The third-order valence-electron chi connectivity index (χ3n) is 3.85. The van der Waals surface area contributed by atoms with Crippen LogP contribution in [0.15, 0.2) is 47.4 Å². The van der Waals surface area contributed by atoms with Gasteiger partial charge in [0.25, 0.3) is 5.69 Å². The maximum Gasteiger partial charge on any atom is 0.289 e. The molecule has 7 nitrogen and oxygen atoms in total. The highest BCUT2D eigenvalue weighted by Crippen LogP contribution is 2.34. The van der Waals surface area contributed by atoms with Gasteiger partial charge in [-0.15, -0.1) is 12.4 Å². The van der Waals surface area contributed by atoms with E-state index in [9.17, 15) is 18.5 Å². The average molecular weight is 434 g/mol. The van der Waals surface area contributed by atoms with Gasteiger partial charge in [-0.1, -0.05) is 41.9 Å². The minimum Gasteiger partial charge on any atom is -0.329 e. The Bertz CT molecular complexity index is 893. The van der Waals surface area contributed by atoms with E-state index in [4.69, 9.17) is 17.3 Å². The molecular formula is C17H21Cl2N3O4S. The maximum atomic E-state index is 13.1. The Morgan fingerprint density at radius 3 is 2.37 bits per heavy atom. The number of hydrogen-bond acceptors (Lipinski definition) is 5. The van der Waals surface area contributed by atoms with Gasteiger partial charge in [0.1, 0.15) is 9.92 Å². The van der Waals surface area contributed by atoms with Gasteiger partial charge in [-0.2, -0.15) is 4.31 Å². The highest BCUT2D eigenvalue weighted by molar-refractivity contribution is 7.89. The predicted molar refractivity (Wildman–Crippen MR) is 108 cm³/mol. The van der Waals surface area contributed by atoms with Crippen LogP contribution in [-0.4, -0.2) is 37.3 Å². The summed E-state index contributed by atoms with van der Waals surface area (Å²) in [5.41, 5.74) is 6.56. The molecule has 0 aliphatic rings. The van der Waals surface area contributed by atoms with Crippen LogP contribution < -0.4 is 5.73 Å². The Balaban J connectivity index is 0.00000364. The second-order valence-electron chi connectivity index (χ2n) is 5.78. The lowest BCUT2D eigenvalue weighted by Crippen LogP contribution is -2.37. The van der Waals surface area contributed by atoms with Crippen LogP contribution in [0.5, 0.6) is 0 Å². The van der Waals surface area contributed by atoms with Gasteiger partial charge in [-0.3, -0.25) is 10.1 Å². The zero-order valence-electron chi connectivity index (χ0n) is 14.7. The molecule has 0 heterocycles.